The van der Waals surface area contributed by atoms with Crippen molar-refractivity contribution in [2.24, 2.45) is 0 Å². The van der Waals surface area contributed by atoms with Crippen molar-refractivity contribution in [3.8, 4) is 0 Å². The van der Waals surface area contributed by atoms with Gasteiger partial charge in [0.05, 0.1) is 6.61 Å². The summed E-state index contributed by atoms with van der Waals surface area (Å²) in [6.45, 7) is 0.578. The van der Waals surface area contributed by atoms with Gasteiger partial charge in [-0.25, -0.2) is 0 Å². The van der Waals surface area contributed by atoms with Crippen LogP contribution in [0.25, 0.3) is 0 Å². The maximum Gasteiger partial charge on any atom is 0.251 e. The number of nitrogens with one attached hydrogen (secondary N) is 1. The van der Waals surface area contributed by atoms with Crippen LogP contribution in [0.5, 0.6) is 0 Å². The molecule has 1 atom stereocenters. The second-order valence-electron chi connectivity index (χ2n) is 4.96. The fraction of sp³-hybridized carbons (Fsp3) is 0.235. The van der Waals surface area contributed by atoms with Gasteiger partial charge in [0.2, 0.25) is 0 Å². The molecule has 2 rings (SSSR count). The molecule has 0 saturated heterocycles. The van der Waals surface area contributed by atoms with Gasteiger partial charge in [-0.15, -0.1) is 0 Å². The summed E-state index contributed by atoms with van der Waals surface area (Å²) in [5.74, 6) is -0.139. The van der Waals surface area contributed by atoms with Gasteiger partial charge in [-0.3, -0.25) is 9.00 Å². The van der Waals surface area contributed by atoms with Crippen LogP contribution in [0.4, 0.5) is 0 Å². The Balaban J connectivity index is 1.85. The Morgan fingerprint density at radius 2 is 1.64 bits per heavy atom. The van der Waals surface area contributed by atoms with E-state index in [1.54, 1.807) is 30.5 Å². The van der Waals surface area contributed by atoms with Crippen LogP contribution in [0.15, 0.2) is 53.4 Å². The SMILES string of the molecule is CS(=O)c1ccc(C(=O)NCCc2ccc(CO)cc2)cc1. The minimum atomic E-state index is -1.03. The maximum absolute atomic E-state index is 12.0. The van der Waals surface area contributed by atoms with Crippen LogP contribution < -0.4 is 5.32 Å². The third kappa shape index (κ3) is 4.51. The van der Waals surface area contributed by atoms with Gasteiger partial charge in [-0.2, -0.15) is 0 Å². The third-order valence-electron chi connectivity index (χ3n) is 3.35. The lowest BCUT2D eigenvalue weighted by Gasteiger charge is -2.06. The quantitative estimate of drug-likeness (QED) is 0.855. The molecule has 0 bridgehead atoms. The standard InChI is InChI=1S/C17H19NO3S/c1-22(21)16-8-6-15(7-9-16)17(20)18-11-10-13-2-4-14(12-19)5-3-13/h2-9,19H,10-12H2,1H3,(H,18,20). The molecule has 0 heterocycles. The maximum atomic E-state index is 12.0. The molecule has 1 amide bonds. The molecule has 4 nitrogen and oxygen atoms in total. The normalized spacial score (nSPS) is 11.9. The first-order valence-electron chi connectivity index (χ1n) is 7.00. The smallest absolute Gasteiger partial charge is 0.251 e. The Morgan fingerprint density at radius 1 is 1.05 bits per heavy atom. The summed E-state index contributed by atoms with van der Waals surface area (Å²) in [6.07, 6.45) is 2.34. The van der Waals surface area contributed by atoms with Crippen molar-refractivity contribution in [3.63, 3.8) is 0 Å². The number of aliphatic hydroxyl groups excluding tert-OH is 1. The highest BCUT2D eigenvalue weighted by molar-refractivity contribution is 7.84. The number of carbonyl (C=O) groups is 1. The Hall–Kier alpha value is -1.98. The van der Waals surface area contributed by atoms with E-state index in [0.717, 1.165) is 17.5 Å². The molecule has 0 saturated carbocycles. The summed E-state index contributed by atoms with van der Waals surface area (Å²) >= 11 is 0. The fourth-order valence-corrected chi connectivity index (χ4v) is 2.55. The van der Waals surface area contributed by atoms with Crippen LogP contribution >= 0.6 is 0 Å². The molecule has 0 aliphatic heterocycles. The van der Waals surface area contributed by atoms with Gasteiger partial charge in [-0.1, -0.05) is 24.3 Å². The zero-order valence-electron chi connectivity index (χ0n) is 12.4. The fourth-order valence-electron chi connectivity index (χ4n) is 2.03. The Bertz CT molecular complexity index is 651. The van der Waals surface area contributed by atoms with E-state index in [0.29, 0.717) is 17.0 Å². The van der Waals surface area contributed by atoms with E-state index in [-0.39, 0.29) is 12.5 Å². The third-order valence-corrected chi connectivity index (χ3v) is 4.29. The van der Waals surface area contributed by atoms with Gasteiger partial charge in [0.1, 0.15) is 0 Å². The molecule has 22 heavy (non-hydrogen) atoms. The van der Waals surface area contributed by atoms with Crippen molar-refractivity contribution in [1.82, 2.24) is 5.32 Å². The van der Waals surface area contributed by atoms with Crippen LogP contribution in [0.2, 0.25) is 0 Å². The predicted molar refractivity (Wildman–Crippen MR) is 87.2 cm³/mol. The average Bonchev–Trinajstić information content (AvgIpc) is 2.55. The summed E-state index contributed by atoms with van der Waals surface area (Å²) < 4.78 is 11.3. The lowest BCUT2D eigenvalue weighted by Crippen LogP contribution is -2.25. The summed E-state index contributed by atoms with van der Waals surface area (Å²) in [7, 11) is -1.03. The number of amides is 1. The molecule has 0 fully saturated rings. The first-order valence-corrected chi connectivity index (χ1v) is 8.56. The van der Waals surface area contributed by atoms with Crippen LogP contribution in [-0.4, -0.2) is 28.0 Å². The van der Waals surface area contributed by atoms with Crippen molar-refractivity contribution in [1.29, 1.82) is 0 Å². The van der Waals surface area contributed by atoms with Crippen LogP contribution in [0, 0.1) is 0 Å². The molecule has 2 aromatic carbocycles. The second kappa shape index (κ2) is 7.87. The Morgan fingerprint density at radius 3 is 2.18 bits per heavy atom. The van der Waals surface area contributed by atoms with Crippen molar-refractivity contribution < 1.29 is 14.1 Å². The number of benzene rings is 2. The number of carbonyl (C=O) groups excluding carboxylic acids is 1. The first kappa shape index (κ1) is 16.4. The molecule has 2 aromatic rings. The largest absolute Gasteiger partial charge is 0.392 e. The molecule has 0 aliphatic rings. The molecule has 5 heteroatoms. The minimum Gasteiger partial charge on any atom is -0.392 e. The molecule has 1 unspecified atom stereocenters. The number of hydrogen-bond donors (Lipinski definition) is 2. The van der Waals surface area contributed by atoms with Crippen molar-refractivity contribution in [2.75, 3.05) is 12.8 Å². The molecule has 0 spiro atoms. The minimum absolute atomic E-state index is 0.0373. The predicted octanol–water partition coefficient (Wildman–Crippen LogP) is 1.89. The molecular weight excluding hydrogens is 298 g/mol. The highest BCUT2D eigenvalue weighted by atomic mass is 32.2. The van der Waals surface area contributed by atoms with Gasteiger partial charge in [-0.05, 0) is 41.8 Å². The molecule has 0 radical (unpaired) electrons. The Kier molecular flexibility index (Phi) is 5.86. The highest BCUT2D eigenvalue weighted by Gasteiger charge is 2.06. The molecule has 2 N–H and O–H groups in total. The van der Waals surface area contributed by atoms with Crippen LogP contribution in [-0.2, 0) is 23.8 Å². The van der Waals surface area contributed by atoms with Gasteiger partial charge in [0.25, 0.3) is 5.91 Å². The van der Waals surface area contributed by atoms with Crippen molar-refractivity contribution >= 4 is 16.7 Å². The zero-order chi connectivity index (χ0) is 15.9. The Labute approximate surface area is 132 Å². The van der Waals surface area contributed by atoms with E-state index in [9.17, 15) is 9.00 Å². The van der Waals surface area contributed by atoms with Crippen LogP contribution in [0.3, 0.4) is 0 Å². The topological polar surface area (TPSA) is 66.4 Å². The second-order valence-corrected chi connectivity index (χ2v) is 6.34. The molecule has 116 valence electrons. The average molecular weight is 317 g/mol. The van der Waals surface area contributed by atoms with Crippen molar-refractivity contribution in [2.45, 2.75) is 17.9 Å². The highest BCUT2D eigenvalue weighted by Crippen LogP contribution is 2.08. The molecular formula is C17H19NO3S. The monoisotopic (exact) mass is 317 g/mol. The number of aliphatic hydroxyl groups is 1. The number of hydrogen-bond acceptors (Lipinski definition) is 3. The van der Waals surface area contributed by atoms with E-state index < -0.39 is 10.8 Å². The van der Waals surface area contributed by atoms with Gasteiger partial charge < -0.3 is 10.4 Å². The van der Waals surface area contributed by atoms with Gasteiger partial charge in [0, 0.05) is 34.1 Å². The van der Waals surface area contributed by atoms with E-state index in [2.05, 4.69) is 5.32 Å². The van der Waals surface area contributed by atoms with E-state index in [4.69, 9.17) is 5.11 Å². The summed E-state index contributed by atoms with van der Waals surface area (Å²) in [5.41, 5.74) is 2.54. The first-order chi connectivity index (χ1) is 10.6. The van der Waals surface area contributed by atoms with Crippen LogP contribution in [0.1, 0.15) is 21.5 Å². The molecule has 0 aliphatic carbocycles. The number of rotatable bonds is 6. The van der Waals surface area contributed by atoms with E-state index in [1.165, 1.54) is 0 Å². The molecule has 0 aromatic heterocycles. The lowest BCUT2D eigenvalue weighted by atomic mass is 10.1. The van der Waals surface area contributed by atoms with E-state index in [1.807, 2.05) is 24.3 Å². The lowest BCUT2D eigenvalue weighted by molar-refractivity contribution is 0.0954. The summed E-state index contributed by atoms with van der Waals surface area (Å²) in [5, 5.41) is 11.8. The summed E-state index contributed by atoms with van der Waals surface area (Å²) in [6, 6.07) is 14.4. The van der Waals surface area contributed by atoms with Gasteiger partial charge in [0.15, 0.2) is 0 Å². The van der Waals surface area contributed by atoms with E-state index >= 15 is 0 Å². The summed E-state index contributed by atoms with van der Waals surface area (Å²) in [4.78, 5) is 12.7. The zero-order valence-corrected chi connectivity index (χ0v) is 13.2. The van der Waals surface area contributed by atoms with Gasteiger partial charge >= 0.3 is 0 Å². The van der Waals surface area contributed by atoms with Crippen molar-refractivity contribution in [3.05, 3.63) is 65.2 Å².